The molecule has 0 aliphatic rings. The van der Waals surface area contributed by atoms with Crippen molar-refractivity contribution in [2.75, 3.05) is 0 Å². The number of aromatic nitrogens is 3. The molecule has 16 heavy (non-hydrogen) atoms. The van der Waals surface area contributed by atoms with Gasteiger partial charge in [-0.15, -0.1) is 0 Å². The van der Waals surface area contributed by atoms with Crippen molar-refractivity contribution in [1.82, 2.24) is 14.4 Å². The van der Waals surface area contributed by atoms with E-state index in [2.05, 4.69) is 23.8 Å². The molecule has 2 heterocycles. The molecular weight excluding hydrogens is 200 g/mol. The summed E-state index contributed by atoms with van der Waals surface area (Å²) < 4.78 is 1.99. The highest BCUT2D eigenvalue weighted by atomic mass is 15.1. The second kappa shape index (κ2) is 4.22. The number of fused-ring (bicyclic) bond motifs is 1. The van der Waals surface area contributed by atoms with Crippen molar-refractivity contribution in [3.8, 4) is 0 Å². The summed E-state index contributed by atoms with van der Waals surface area (Å²) >= 11 is 0. The van der Waals surface area contributed by atoms with E-state index in [1.165, 1.54) is 0 Å². The topological polar surface area (TPSA) is 56.2 Å². The molecule has 0 aliphatic carbocycles. The third-order valence-corrected chi connectivity index (χ3v) is 2.56. The van der Waals surface area contributed by atoms with Crippen LogP contribution >= 0.6 is 0 Å². The Kier molecular flexibility index (Phi) is 2.92. The molecule has 2 aromatic rings. The maximum Gasteiger partial charge on any atom is 0.140 e. The van der Waals surface area contributed by atoms with Crippen molar-refractivity contribution in [3.63, 3.8) is 0 Å². The van der Waals surface area contributed by atoms with Crippen LogP contribution in [0.3, 0.4) is 0 Å². The van der Waals surface area contributed by atoms with E-state index in [4.69, 9.17) is 5.73 Å². The monoisotopic (exact) mass is 218 g/mol. The second-order valence-electron chi connectivity index (χ2n) is 4.56. The summed E-state index contributed by atoms with van der Waals surface area (Å²) in [6.07, 6.45) is 2.94. The number of imidazole rings is 1. The molecule has 4 heteroatoms. The van der Waals surface area contributed by atoms with Crippen LogP contribution in [0, 0.1) is 12.8 Å². The Labute approximate surface area is 95.5 Å². The van der Waals surface area contributed by atoms with Crippen LogP contribution in [0.5, 0.6) is 0 Å². The summed E-state index contributed by atoms with van der Waals surface area (Å²) in [7, 11) is 0. The average molecular weight is 218 g/mol. The lowest BCUT2D eigenvalue weighted by molar-refractivity contribution is 0.632. The lowest BCUT2D eigenvalue weighted by Gasteiger charge is -2.06. The molecule has 2 N–H and O–H groups in total. The van der Waals surface area contributed by atoms with Crippen molar-refractivity contribution in [2.45, 2.75) is 33.7 Å². The number of hydrogen-bond acceptors (Lipinski definition) is 3. The highest BCUT2D eigenvalue weighted by molar-refractivity contribution is 5.42. The molecule has 86 valence electrons. The average Bonchev–Trinajstić information content (AvgIpc) is 2.60. The zero-order chi connectivity index (χ0) is 11.7. The summed E-state index contributed by atoms with van der Waals surface area (Å²) in [4.78, 5) is 9.03. The molecule has 0 aliphatic heterocycles. The summed E-state index contributed by atoms with van der Waals surface area (Å²) in [5.41, 5.74) is 8.55. The van der Waals surface area contributed by atoms with Gasteiger partial charge in [0, 0.05) is 24.5 Å². The predicted octanol–water partition coefficient (Wildman–Crippen LogP) is 1.69. The highest BCUT2D eigenvalue weighted by Crippen LogP contribution is 2.12. The fourth-order valence-corrected chi connectivity index (χ4v) is 1.87. The smallest absolute Gasteiger partial charge is 0.140 e. The van der Waals surface area contributed by atoms with Gasteiger partial charge in [-0.05, 0) is 19.3 Å². The van der Waals surface area contributed by atoms with Crippen LogP contribution in [0.1, 0.15) is 31.1 Å². The number of aryl methyl sites for hydroxylation is 1. The number of nitrogens with zero attached hydrogens (tertiary/aromatic N) is 3. The molecule has 0 aromatic carbocycles. The third kappa shape index (κ3) is 2.07. The van der Waals surface area contributed by atoms with E-state index in [0.29, 0.717) is 12.5 Å². The summed E-state index contributed by atoms with van der Waals surface area (Å²) in [5.74, 6) is 1.58. The van der Waals surface area contributed by atoms with Crippen LogP contribution in [0.4, 0.5) is 0 Å². The van der Waals surface area contributed by atoms with Gasteiger partial charge < -0.3 is 5.73 Å². The van der Waals surface area contributed by atoms with Gasteiger partial charge in [0.05, 0.1) is 5.69 Å². The minimum atomic E-state index is 0.473. The molecule has 0 radical (unpaired) electrons. The van der Waals surface area contributed by atoms with Crippen LogP contribution in [0.25, 0.3) is 5.65 Å². The predicted molar refractivity (Wildman–Crippen MR) is 64.2 cm³/mol. The first-order valence-corrected chi connectivity index (χ1v) is 5.64. The van der Waals surface area contributed by atoms with Gasteiger partial charge in [-0.3, -0.25) is 4.40 Å². The Morgan fingerprint density at radius 2 is 2.06 bits per heavy atom. The van der Waals surface area contributed by atoms with Crippen molar-refractivity contribution >= 4 is 5.65 Å². The van der Waals surface area contributed by atoms with Gasteiger partial charge >= 0.3 is 0 Å². The summed E-state index contributed by atoms with van der Waals surface area (Å²) in [5, 5.41) is 0. The maximum absolute atomic E-state index is 5.59. The van der Waals surface area contributed by atoms with Gasteiger partial charge in [-0.2, -0.15) is 0 Å². The quantitative estimate of drug-likeness (QED) is 0.853. The van der Waals surface area contributed by atoms with Gasteiger partial charge in [0.15, 0.2) is 0 Å². The maximum atomic E-state index is 5.59. The minimum absolute atomic E-state index is 0.473. The summed E-state index contributed by atoms with van der Waals surface area (Å²) in [6.45, 7) is 6.86. The van der Waals surface area contributed by atoms with E-state index in [-0.39, 0.29) is 0 Å². The van der Waals surface area contributed by atoms with Crippen LogP contribution in [0.2, 0.25) is 0 Å². The minimum Gasteiger partial charge on any atom is -0.325 e. The van der Waals surface area contributed by atoms with Crippen molar-refractivity contribution < 1.29 is 0 Å². The first-order chi connectivity index (χ1) is 7.60. The molecule has 2 rings (SSSR count). The largest absolute Gasteiger partial charge is 0.325 e. The molecule has 0 saturated carbocycles. The molecule has 0 unspecified atom stereocenters. The first kappa shape index (κ1) is 11.1. The lowest BCUT2D eigenvalue weighted by atomic mass is 10.1. The van der Waals surface area contributed by atoms with E-state index in [1.54, 1.807) is 0 Å². The molecule has 0 amide bonds. The number of nitrogens with two attached hydrogens (primary N) is 1. The fourth-order valence-electron chi connectivity index (χ4n) is 1.87. The fraction of sp³-hybridized carbons (Fsp3) is 0.500. The Hall–Kier alpha value is -1.42. The molecule has 4 nitrogen and oxygen atoms in total. The Balaban J connectivity index is 2.48. The van der Waals surface area contributed by atoms with Crippen LogP contribution in [0.15, 0.2) is 12.3 Å². The number of rotatable bonds is 3. The summed E-state index contributed by atoms with van der Waals surface area (Å²) in [6, 6.07) is 2.05. The molecular formula is C12H18N4. The Bertz CT molecular complexity index is 499. The molecule has 2 aromatic heterocycles. The van der Waals surface area contributed by atoms with Crippen molar-refractivity contribution in [2.24, 2.45) is 11.7 Å². The van der Waals surface area contributed by atoms with Gasteiger partial charge in [0.1, 0.15) is 11.5 Å². The molecule has 0 atom stereocenters. The highest BCUT2D eigenvalue weighted by Gasteiger charge is 2.07. The first-order valence-electron chi connectivity index (χ1n) is 5.64. The normalized spacial score (nSPS) is 11.6. The van der Waals surface area contributed by atoms with Crippen LogP contribution in [-0.4, -0.2) is 14.4 Å². The number of hydrogen-bond donors (Lipinski definition) is 1. The van der Waals surface area contributed by atoms with Crippen LogP contribution < -0.4 is 5.73 Å². The van der Waals surface area contributed by atoms with Gasteiger partial charge in [-0.1, -0.05) is 13.8 Å². The van der Waals surface area contributed by atoms with Gasteiger partial charge in [0.2, 0.25) is 0 Å². The van der Waals surface area contributed by atoms with Gasteiger partial charge in [0.25, 0.3) is 0 Å². The second-order valence-corrected chi connectivity index (χ2v) is 4.56. The van der Waals surface area contributed by atoms with E-state index in [1.807, 2.05) is 23.6 Å². The molecule has 0 bridgehead atoms. The van der Waals surface area contributed by atoms with E-state index in [0.717, 1.165) is 29.3 Å². The molecule has 0 saturated heterocycles. The van der Waals surface area contributed by atoms with E-state index >= 15 is 0 Å². The third-order valence-electron chi connectivity index (χ3n) is 2.56. The standard InChI is InChI=1S/C12H18N4/c1-8(2)4-10-5-12-15-11(6-13)7-16(12)9(3)14-10/h5,7-8H,4,6,13H2,1-3H3. The van der Waals surface area contributed by atoms with Crippen molar-refractivity contribution in [1.29, 1.82) is 0 Å². The molecule has 0 spiro atoms. The van der Waals surface area contributed by atoms with Gasteiger partial charge in [-0.25, -0.2) is 9.97 Å². The zero-order valence-corrected chi connectivity index (χ0v) is 10.1. The lowest BCUT2D eigenvalue weighted by Crippen LogP contribution is -2.02. The molecule has 0 fully saturated rings. The van der Waals surface area contributed by atoms with E-state index < -0.39 is 0 Å². The Morgan fingerprint density at radius 1 is 1.31 bits per heavy atom. The SMILES string of the molecule is Cc1nc(CC(C)C)cc2nc(CN)cn12. The Morgan fingerprint density at radius 3 is 2.69 bits per heavy atom. The van der Waals surface area contributed by atoms with Crippen molar-refractivity contribution in [3.05, 3.63) is 29.5 Å². The van der Waals surface area contributed by atoms with Crippen LogP contribution in [-0.2, 0) is 13.0 Å². The van der Waals surface area contributed by atoms with E-state index in [9.17, 15) is 0 Å². The zero-order valence-electron chi connectivity index (χ0n) is 10.1.